The second kappa shape index (κ2) is 6.12. The summed E-state index contributed by atoms with van der Waals surface area (Å²) in [6.07, 6.45) is 0. The molecule has 1 aromatic heterocycles. The summed E-state index contributed by atoms with van der Waals surface area (Å²) in [7, 11) is 0. The number of carbonyl (C=O) groups is 1. The van der Waals surface area contributed by atoms with Gasteiger partial charge in [-0.1, -0.05) is 0 Å². The lowest BCUT2D eigenvalue weighted by Crippen LogP contribution is -2.39. The molecule has 0 fully saturated rings. The number of thiophene rings is 1. The van der Waals surface area contributed by atoms with Crippen molar-refractivity contribution >= 4 is 33.3 Å². The molecule has 0 aliphatic rings. The van der Waals surface area contributed by atoms with Crippen molar-refractivity contribution in [2.45, 2.75) is 20.4 Å². The van der Waals surface area contributed by atoms with E-state index in [1.165, 1.54) is 0 Å². The number of halogens is 1. The lowest BCUT2D eigenvalue weighted by atomic mass is 10.4. The molecular weight excluding hydrogens is 276 g/mol. The standard InChI is InChI=1S/C10H15BrN2OS/c1-3-13(4-2)10(14)12-7-8-5-6-9(11)15-8/h5-6H,3-4,7H2,1-2H3,(H,12,14). The molecule has 1 heterocycles. The normalized spacial score (nSPS) is 10.1. The average molecular weight is 291 g/mol. The summed E-state index contributed by atoms with van der Waals surface area (Å²) in [5.74, 6) is 0. The highest BCUT2D eigenvalue weighted by Gasteiger charge is 2.08. The van der Waals surface area contributed by atoms with E-state index in [2.05, 4.69) is 21.2 Å². The van der Waals surface area contributed by atoms with E-state index in [-0.39, 0.29) is 6.03 Å². The fraction of sp³-hybridized carbons (Fsp3) is 0.500. The van der Waals surface area contributed by atoms with Gasteiger partial charge in [-0.2, -0.15) is 0 Å². The minimum atomic E-state index is 0.00419. The largest absolute Gasteiger partial charge is 0.333 e. The van der Waals surface area contributed by atoms with Crippen LogP contribution in [0.3, 0.4) is 0 Å². The Kier molecular flexibility index (Phi) is 5.11. The second-order valence-corrected chi connectivity index (χ2v) is 5.58. The van der Waals surface area contributed by atoms with Gasteiger partial charge in [0.1, 0.15) is 0 Å². The molecule has 0 unspecified atom stereocenters. The van der Waals surface area contributed by atoms with E-state index in [1.807, 2.05) is 26.0 Å². The van der Waals surface area contributed by atoms with Crippen LogP contribution in [0.15, 0.2) is 15.9 Å². The zero-order chi connectivity index (χ0) is 11.3. The smallest absolute Gasteiger partial charge is 0.317 e. The van der Waals surface area contributed by atoms with Gasteiger partial charge in [0.25, 0.3) is 0 Å². The molecule has 15 heavy (non-hydrogen) atoms. The van der Waals surface area contributed by atoms with Crippen molar-refractivity contribution < 1.29 is 4.79 Å². The van der Waals surface area contributed by atoms with Gasteiger partial charge < -0.3 is 10.2 Å². The van der Waals surface area contributed by atoms with Gasteiger partial charge in [0.15, 0.2) is 0 Å². The number of nitrogens with zero attached hydrogens (tertiary/aromatic N) is 1. The van der Waals surface area contributed by atoms with Crippen molar-refractivity contribution in [3.8, 4) is 0 Å². The van der Waals surface area contributed by atoms with Crippen molar-refractivity contribution in [2.75, 3.05) is 13.1 Å². The summed E-state index contributed by atoms with van der Waals surface area (Å²) in [4.78, 5) is 14.5. The van der Waals surface area contributed by atoms with Gasteiger partial charge >= 0.3 is 6.03 Å². The first kappa shape index (κ1) is 12.5. The SMILES string of the molecule is CCN(CC)C(=O)NCc1ccc(Br)s1. The summed E-state index contributed by atoms with van der Waals surface area (Å²) in [5, 5.41) is 2.89. The highest BCUT2D eigenvalue weighted by atomic mass is 79.9. The molecule has 1 rings (SSSR count). The maximum Gasteiger partial charge on any atom is 0.317 e. The summed E-state index contributed by atoms with van der Waals surface area (Å²) in [6.45, 7) is 6.05. The van der Waals surface area contributed by atoms with Crippen molar-refractivity contribution in [1.82, 2.24) is 10.2 Å². The minimum absolute atomic E-state index is 0.00419. The fourth-order valence-electron chi connectivity index (χ4n) is 1.23. The molecule has 0 aromatic carbocycles. The van der Waals surface area contributed by atoms with Crippen molar-refractivity contribution in [1.29, 1.82) is 0 Å². The van der Waals surface area contributed by atoms with Crippen molar-refractivity contribution in [3.63, 3.8) is 0 Å². The maximum absolute atomic E-state index is 11.6. The molecule has 84 valence electrons. The number of carbonyl (C=O) groups excluding carboxylic acids is 1. The van der Waals surface area contributed by atoms with E-state index < -0.39 is 0 Å². The first-order chi connectivity index (χ1) is 7.17. The van der Waals surface area contributed by atoms with Gasteiger partial charge in [0.05, 0.1) is 10.3 Å². The average Bonchev–Trinajstić information content (AvgIpc) is 2.63. The Morgan fingerprint density at radius 3 is 2.60 bits per heavy atom. The van der Waals surface area contributed by atoms with Crippen LogP contribution >= 0.6 is 27.3 Å². The van der Waals surface area contributed by atoms with Gasteiger partial charge in [0.2, 0.25) is 0 Å². The molecule has 2 amide bonds. The van der Waals surface area contributed by atoms with E-state index in [0.717, 1.165) is 21.8 Å². The quantitative estimate of drug-likeness (QED) is 0.908. The number of rotatable bonds is 4. The van der Waals surface area contributed by atoms with Crippen LogP contribution < -0.4 is 5.32 Å². The van der Waals surface area contributed by atoms with E-state index >= 15 is 0 Å². The molecule has 0 bridgehead atoms. The first-order valence-corrected chi connectivity index (χ1v) is 6.55. The van der Waals surface area contributed by atoms with Gasteiger partial charge in [-0.15, -0.1) is 11.3 Å². The zero-order valence-electron chi connectivity index (χ0n) is 8.92. The van der Waals surface area contributed by atoms with Gasteiger partial charge in [-0.05, 0) is 41.9 Å². The lowest BCUT2D eigenvalue weighted by Gasteiger charge is -2.18. The van der Waals surface area contributed by atoms with Crippen LogP contribution in [0.2, 0.25) is 0 Å². The molecule has 1 aromatic rings. The van der Waals surface area contributed by atoms with Gasteiger partial charge in [-0.25, -0.2) is 4.79 Å². The molecule has 0 atom stereocenters. The second-order valence-electron chi connectivity index (χ2n) is 3.04. The Hall–Kier alpha value is -0.550. The van der Waals surface area contributed by atoms with Gasteiger partial charge in [-0.3, -0.25) is 0 Å². The number of hydrogen-bond donors (Lipinski definition) is 1. The summed E-state index contributed by atoms with van der Waals surface area (Å²) in [5.41, 5.74) is 0. The zero-order valence-corrected chi connectivity index (χ0v) is 11.3. The number of urea groups is 1. The number of hydrogen-bond acceptors (Lipinski definition) is 2. The molecule has 1 N–H and O–H groups in total. The molecule has 0 aliphatic heterocycles. The maximum atomic E-state index is 11.6. The number of nitrogens with one attached hydrogen (secondary N) is 1. The fourth-order valence-corrected chi connectivity index (χ4v) is 2.65. The molecule has 5 heteroatoms. The van der Waals surface area contributed by atoms with Crippen LogP contribution in [-0.2, 0) is 6.54 Å². The molecule has 0 spiro atoms. The predicted molar refractivity (Wildman–Crippen MR) is 67.2 cm³/mol. The van der Waals surface area contributed by atoms with Crippen LogP contribution in [0.25, 0.3) is 0 Å². The molecule has 0 saturated heterocycles. The third-order valence-corrected chi connectivity index (χ3v) is 3.72. The van der Waals surface area contributed by atoms with E-state index in [0.29, 0.717) is 6.54 Å². The molecule has 0 aliphatic carbocycles. The Morgan fingerprint density at radius 1 is 1.47 bits per heavy atom. The van der Waals surface area contributed by atoms with Gasteiger partial charge in [0, 0.05) is 18.0 Å². The Bertz CT molecular complexity index is 323. The summed E-state index contributed by atoms with van der Waals surface area (Å²) < 4.78 is 1.09. The van der Waals surface area contributed by atoms with Crippen LogP contribution in [0.1, 0.15) is 18.7 Å². The van der Waals surface area contributed by atoms with E-state index in [4.69, 9.17) is 0 Å². The molecule has 0 saturated carbocycles. The molecular formula is C10H15BrN2OS. The molecule has 3 nitrogen and oxygen atoms in total. The van der Waals surface area contributed by atoms with Crippen LogP contribution in [0.4, 0.5) is 4.79 Å². The third kappa shape index (κ3) is 3.83. The Balaban J connectivity index is 2.40. The lowest BCUT2D eigenvalue weighted by molar-refractivity contribution is 0.203. The highest BCUT2D eigenvalue weighted by Crippen LogP contribution is 2.21. The van der Waals surface area contributed by atoms with Crippen molar-refractivity contribution in [3.05, 3.63) is 20.8 Å². The molecule has 0 radical (unpaired) electrons. The van der Waals surface area contributed by atoms with Crippen LogP contribution in [-0.4, -0.2) is 24.0 Å². The summed E-state index contributed by atoms with van der Waals surface area (Å²) >= 11 is 5.03. The van der Waals surface area contributed by atoms with Crippen LogP contribution in [0.5, 0.6) is 0 Å². The first-order valence-electron chi connectivity index (χ1n) is 4.94. The predicted octanol–water partition coefficient (Wildman–Crippen LogP) is 3.06. The highest BCUT2D eigenvalue weighted by molar-refractivity contribution is 9.11. The third-order valence-electron chi connectivity index (χ3n) is 2.09. The number of amides is 2. The summed E-state index contributed by atoms with van der Waals surface area (Å²) in [6, 6.07) is 4.01. The van der Waals surface area contributed by atoms with Crippen LogP contribution in [0, 0.1) is 0 Å². The van der Waals surface area contributed by atoms with E-state index in [9.17, 15) is 4.79 Å². The Morgan fingerprint density at radius 2 is 2.13 bits per heavy atom. The monoisotopic (exact) mass is 290 g/mol. The Labute approximate surface area is 103 Å². The van der Waals surface area contributed by atoms with Crippen molar-refractivity contribution in [2.24, 2.45) is 0 Å². The van der Waals surface area contributed by atoms with E-state index in [1.54, 1.807) is 16.2 Å². The topological polar surface area (TPSA) is 32.3 Å². The minimum Gasteiger partial charge on any atom is -0.333 e.